The largest absolute Gasteiger partial charge is 0.366 e. The fourth-order valence-corrected chi connectivity index (χ4v) is 0.687. The Morgan fingerprint density at radius 2 is 2.08 bits per heavy atom. The summed E-state index contributed by atoms with van der Waals surface area (Å²) in [6.45, 7) is 7.97. The first-order valence-electron chi connectivity index (χ1n) is 3.52. The molecule has 0 aromatic heterocycles. The third-order valence-corrected chi connectivity index (χ3v) is 1.31. The average Bonchev–Trinajstić information content (AvgIpc) is 2.05. The number of halogens is 1. The van der Waals surface area contributed by atoms with Gasteiger partial charge in [0.1, 0.15) is 0 Å². The number of hydrogen-bond acceptors (Lipinski definition) is 2. The van der Waals surface area contributed by atoms with Gasteiger partial charge in [0.05, 0.1) is 11.3 Å². The number of carbonyl (C=O) groups excluding carboxylic acids is 1. The van der Waals surface area contributed by atoms with Gasteiger partial charge in [-0.25, -0.2) is 4.39 Å². The summed E-state index contributed by atoms with van der Waals surface area (Å²) in [5.41, 5.74) is 4.66. The van der Waals surface area contributed by atoms with Gasteiger partial charge in [0.25, 0.3) is 5.91 Å². The van der Waals surface area contributed by atoms with Crippen LogP contribution in [0.4, 0.5) is 4.39 Å². The maximum absolute atomic E-state index is 13.2. The fourth-order valence-electron chi connectivity index (χ4n) is 0.687. The lowest BCUT2D eigenvalue weighted by Gasteiger charge is -1.99. The first kappa shape index (κ1) is 11.3. The summed E-state index contributed by atoms with van der Waals surface area (Å²) >= 11 is 0. The summed E-state index contributed by atoms with van der Waals surface area (Å²) in [5.74, 6) is -1.64. The maximum atomic E-state index is 13.2. The van der Waals surface area contributed by atoms with Crippen LogP contribution in [0.25, 0.3) is 0 Å². The summed E-state index contributed by atoms with van der Waals surface area (Å²) in [5, 5.41) is 0. The molecular formula is C9H11FN2O. The number of aliphatic imine (C=N–C) groups is 1. The minimum absolute atomic E-state index is 0.0451. The molecule has 13 heavy (non-hydrogen) atoms. The van der Waals surface area contributed by atoms with Crippen LogP contribution >= 0.6 is 0 Å². The third kappa shape index (κ3) is 3.02. The summed E-state index contributed by atoms with van der Waals surface area (Å²) in [7, 11) is 0. The van der Waals surface area contributed by atoms with Crippen LogP contribution < -0.4 is 5.73 Å². The molecule has 0 aliphatic heterocycles. The molecule has 0 rings (SSSR count). The molecule has 1 amide bonds. The van der Waals surface area contributed by atoms with Crippen molar-refractivity contribution in [2.45, 2.75) is 6.92 Å². The SMILES string of the molecule is C=CN=C(C)/C(F)=C(\C=C)C(N)=O. The van der Waals surface area contributed by atoms with Crippen LogP contribution in [0.3, 0.4) is 0 Å². The van der Waals surface area contributed by atoms with Crippen molar-refractivity contribution < 1.29 is 9.18 Å². The zero-order chi connectivity index (χ0) is 10.4. The predicted molar refractivity (Wildman–Crippen MR) is 50.8 cm³/mol. The fraction of sp³-hybridized carbons (Fsp3) is 0.111. The minimum Gasteiger partial charge on any atom is -0.366 e. The van der Waals surface area contributed by atoms with Gasteiger partial charge in [0, 0.05) is 6.20 Å². The number of nitrogens with zero attached hydrogens (tertiary/aromatic N) is 1. The third-order valence-electron chi connectivity index (χ3n) is 1.31. The minimum atomic E-state index is -0.869. The van der Waals surface area contributed by atoms with Crippen LogP contribution in [-0.2, 0) is 4.79 Å². The number of hydrogen-bond donors (Lipinski definition) is 1. The van der Waals surface area contributed by atoms with Gasteiger partial charge in [-0.3, -0.25) is 9.79 Å². The van der Waals surface area contributed by atoms with Crippen molar-refractivity contribution in [2.24, 2.45) is 10.7 Å². The van der Waals surface area contributed by atoms with Crippen molar-refractivity contribution in [3.8, 4) is 0 Å². The molecule has 0 fully saturated rings. The molecule has 0 aromatic carbocycles. The number of primary amides is 1. The molecule has 0 saturated carbocycles. The summed E-state index contributed by atoms with van der Waals surface area (Å²) in [4.78, 5) is 14.2. The van der Waals surface area contributed by atoms with E-state index in [1.54, 1.807) is 0 Å². The summed E-state index contributed by atoms with van der Waals surface area (Å²) in [6.07, 6.45) is 2.23. The van der Waals surface area contributed by atoms with Crippen molar-refractivity contribution in [3.63, 3.8) is 0 Å². The number of carbonyl (C=O) groups is 1. The molecular weight excluding hydrogens is 171 g/mol. The quantitative estimate of drug-likeness (QED) is 0.399. The van der Waals surface area contributed by atoms with E-state index in [0.29, 0.717) is 0 Å². The lowest BCUT2D eigenvalue weighted by Crippen LogP contribution is -2.15. The molecule has 0 aliphatic carbocycles. The second-order valence-electron chi connectivity index (χ2n) is 2.19. The molecule has 0 bridgehead atoms. The van der Waals surface area contributed by atoms with E-state index in [1.807, 2.05) is 0 Å². The highest BCUT2D eigenvalue weighted by atomic mass is 19.1. The molecule has 70 valence electrons. The van der Waals surface area contributed by atoms with E-state index >= 15 is 0 Å². The maximum Gasteiger partial charge on any atom is 0.251 e. The van der Waals surface area contributed by atoms with Crippen molar-refractivity contribution in [1.29, 1.82) is 0 Å². The second-order valence-corrected chi connectivity index (χ2v) is 2.19. The molecule has 0 unspecified atom stereocenters. The van der Waals surface area contributed by atoms with Crippen molar-refractivity contribution in [1.82, 2.24) is 0 Å². The molecule has 0 heterocycles. The first-order valence-corrected chi connectivity index (χ1v) is 3.52. The zero-order valence-electron chi connectivity index (χ0n) is 7.38. The Labute approximate surface area is 76.2 Å². The second kappa shape index (κ2) is 5.03. The Hall–Kier alpha value is -1.71. The Balaban J connectivity index is 5.19. The highest BCUT2D eigenvalue weighted by Gasteiger charge is 2.10. The highest BCUT2D eigenvalue weighted by Crippen LogP contribution is 2.09. The topological polar surface area (TPSA) is 55.4 Å². The van der Waals surface area contributed by atoms with Crippen LogP contribution in [0.15, 0.2) is 41.8 Å². The van der Waals surface area contributed by atoms with E-state index in [2.05, 4.69) is 18.2 Å². The lowest BCUT2D eigenvalue weighted by molar-refractivity contribution is -0.114. The number of rotatable bonds is 4. The van der Waals surface area contributed by atoms with Crippen LogP contribution in [0.1, 0.15) is 6.92 Å². The Bertz CT molecular complexity index is 303. The molecule has 0 atom stereocenters. The monoisotopic (exact) mass is 182 g/mol. The van der Waals surface area contributed by atoms with Crippen LogP contribution in [0, 0.1) is 0 Å². The normalized spacial score (nSPS) is 13.2. The van der Waals surface area contributed by atoms with E-state index in [1.165, 1.54) is 13.1 Å². The van der Waals surface area contributed by atoms with Crippen molar-refractivity contribution in [2.75, 3.05) is 0 Å². The van der Waals surface area contributed by atoms with Crippen molar-refractivity contribution >= 4 is 11.6 Å². The van der Waals surface area contributed by atoms with Crippen LogP contribution in [-0.4, -0.2) is 11.6 Å². The smallest absolute Gasteiger partial charge is 0.251 e. The number of allylic oxidation sites excluding steroid dienone is 1. The van der Waals surface area contributed by atoms with Gasteiger partial charge in [0.2, 0.25) is 0 Å². The summed E-state index contributed by atoms with van der Waals surface area (Å²) < 4.78 is 13.2. The van der Waals surface area contributed by atoms with Crippen molar-refractivity contribution in [3.05, 3.63) is 36.8 Å². The van der Waals surface area contributed by atoms with Gasteiger partial charge < -0.3 is 5.73 Å². The number of nitrogens with two attached hydrogens (primary N) is 1. The molecule has 4 heteroatoms. The molecule has 2 N–H and O–H groups in total. The average molecular weight is 182 g/mol. The van der Waals surface area contributed by atoms with E-state index < -0.39 is 11.7 Å². The van der Waals surface area contributed by atoms with Gasteiger partial charge in [-0.15, -0.1) is 0 Å². The Morgan fingerprint density at radius 3 is 2.38 bits per heavy atom. The first-order chi connectivity index (χ1) is 6.04. The van der Waals surface area contributed by atoms with E-state index in [0.717, 1.165) is 6.08 Å². The van der Waals surface area contributed by atoms with Gasteiger partial charge in [0.15, 0.2) is 5.83 Å². The molecule has 0 aromatic rings. The lowest BCUT2D eigenvalue weighted by atomic mass is 10.2. The molecule has 3 nitrogen and oxygen atoms in total. The Morgan fingerprint density at radius 1 is 1.54 bits per heavy atom. The van der Waals surface area contributed by atoms with E-state index in [-0.39, 0.29) is 11.3 Å². The molecule has 0 saturated heterocycles. The van der Waals surface area contributed by atoms with Gasteiger partial charge >= 0.3 is 0 Å². The van der Waals surface area contributed by atoms with Gasteiger partial charge in [-0.1, -0.05) is 19.2 Å². The summed E-state index contributed by atoms with van der Waals surface area (Å²) in [6, 6.07) is 0. The number of amides is 1. The van der Waals surface area contributed by atoms with Crippen LogP contribution in [0.2, 0.25) is 0 Å². The highest BCUT2D eigenvalue weighted by molar-refractivity contribution is 6.06. The standard InChI is InChI=1S/C9H11FN2O/c1-4-7(9(11)13)8(10)6(3)12-5-2/h4-5H,1-2H2,3H3,(H2,11,13)/b8-7-,12-6?. The Kier molecular flexibility index (Phi) is 4.37. The van der Waals surface area contributed by atoms with E-state index in [9.17, 15) is 9.18 Å². The van der Waals surface area contributed by atoms with Gasteiger partial charge in [-0.05, 0) is 6.92 Å². The zero-order valence-corrected chi connectivity index (χ0v) is 7.38. The van der Waals surface area contributed by atoms with E-state index in [4.69, 9.17) is 5.73 Å². The molecule has 0 spiro atoms. The van der Waals surface area contributed by atoms with Gasteiger partial charge in [-0.2, -0.15) is 0 Å². The molecule has 0 radical (unpaired) electrons. The molecule has 0 aliphatic rings. The predicted octanol–water partition coefficient (Wildman–Crippen LogP) is 1.49. The van der Waals surface area contributed by atoms with Crippen LogP contribution in [0.5, 0.6) is 0 Å².